The molecule has 26 heavy (non-hydrogen) atoms. The van der Waals surface area contributed by atoms with Crippen LogP contribution in [-0.4, -0.2) is 37.6 Å². The summed E-state index contributed by atoms with van der Waals surface area (Å²) < 4.78 is 5.66. The largest absolute Gasteiger partial charge is 0.423 e. The molecule has 1 aromatic heterocycles. The smallest absolute Gasteiger partial charge is 0.297 e. The van der Waals surface area contributed by atoms with Crippen molar-refractivity contribution >= 4 is 34.4 Å². The van der Waals surface area contributed by atoms with Crippen LogP contribution in [0, 0.1) is 0 Å². The lowest BCUT2D eigenvalue weighted by Crippen LogP contribution is -2.39. The normalized spacial score (nSPS) is 16.8. The predicted molar refractivity (Wildman–Crippen MR) is 104 cm³/mol. The zero-order valence-electron chi connectivity index (χ0n) is 15.0. The van der Waals surface area contributed by atoms with Gasteiger partial charge in [-0.05, 0) is 43.2 Å². The molecule has 2 heterocycles. The summed E-state index contributed by atoms with van der Waals surface area (Å²) in [6.45, 7) is 0.899. The zero-order valence-corrected chi connectivity index (χ0v) is 15.0. The number of oxazole rings is 1. The van der Waals surface area contributed by atoms with E-state index in [4.69, 9.17) is 4.42 Å². The van der Waals surface area contributed by atoms with E-state index in [2.05, 4.69) is 27.3 Å². The molecule has 1 aliphatic heterocycles. The number of rotatable bonds is 4. The van der Waals surface area contributed by atoms with Crippen LogP contribution in [0.4, 0.5) is 17.4 Å². The van der Waals surface area contributed by atoms with Crippen LogP contribution in [0.1, 0.15) is 12.8 Å². The number of fused-ring (bicyclic) bond motifs is 1. The van der Waals surface area contributed by atoms with E-state index in [-0.39, 0.29) is 11.9 Å². The van der Waals surface area contributed by atoms with Gasteiger partial charge in [0.15, 0.2) is 5.58 Å². The molecule has 2 aromatic carbocycles. The van der Waals surface area contributed by atoms with Crippen LogP contribution in [0.25, 0.3) is 11.1 Å². The fourth-order valence-electron chi connectivity index (χ4n) is 3.38. The van der Waals surface area contributed by atoms with Gasteiger partial charge in [0, 0.05) is 32.0 Å². The van der Waals surface area contributed by atoms with Crippen LogP contribution in [0.15, 0.2) is 52.9 Å². The molecule has 3 aromatic rings. The first-order valence-corrected chi connectivity index (χ1v) is 8.82. The lowest BCUT2D eigenvalue weighted by Gasteiger charge is -2.25. The lowest BCUT2D eigenvalue weighted by atomic mass is 10.2. The second-order valence-corrected chi connectivity index (χ2v) is 6.75. The third kappa shape index (κ3) is 3.10. The van der Waals surface area contributed by atoms with Crippen LogP contribution < -0.4 is 15.1 Å². The van der Waals surface area contributed by atoms with Gasteiger partial charge in [0.1, 0.15) is 11.6 Å². The minimum absolute atomic E-state index is 0.0158. The van der Waals surface area contributed by atoms with E-state index in [1.54, 1.807) is 0 Å². The number of para-hydroxylation sites is 1. The summed E-state index contributed by atoms with van der Waals surface area (Å²) in [5.41, 5.74) is 3.27. The topological polar surface area (TPSA) is 61.6 Å². The maximum absolute atomic E-state index is 12.8. The second kappa shape index (κ2) is 6.71. The Kier molecular flexibility index (Phi) is 4.24. The molecule has 6 heteroatoms. The first-order chi connectivity index (χ1) is 12.6. The van der Waals surface area contributed by atoms with Crippen LogP contribution in [0.3, 0.4) is 0 Å². The number of hydrogen-bond donors (Lipinski definition) is 1. The number of nitrogens with zero attached hydrogens (tertiary/aromatic N) is 3. The Morgan fingerprint density at radius 3 is 2.81 bits per heavy atom. The minimum atomic E-state index is -0.150. The van der Waals surface area contributed by atoms with E-state index >= 15 is 0 Å². The molecular formula is C20H22N4O2. The predicted octanol–water partition coefficient (Wildman–Crippen LogP) is 3.50. The Hall–Kier alpha value is -3.02. The van der Waals surface area contributed by atoms with E-state index in [0.29, 0.717) is 11.6 Å². The van der Waals surface area contributed by atoms with Gasteiger partial charge in [0.05, 0.1) is 0 Å². The standard InChI is InChI=1S/C20H22N4O2/c1-23(2)20-22-16-13-14(10-11-18(16)26-20)21-19(25)17-9-6-12-24(17)15-7-4-3-5-8-15/h3-5,7-8,10-11,13,17H,6,9,12H2,1-2H3,(H,21,25). The van der Waals surface area contributed by atoms with Gasteiger partial charge in [-0.2, -0.15) is 4.98 Å². The van der Waals surface area contributed by atoms with E-state index in [0.717, 1.165) is 36.3 Å². The van der Waals surface area contributed by atoms with Crippen molar-refractivity contribution in [3.8, 4) is 0 Å². The molecule has 0 aliphatic carbocycles. The van der Waals surface area contributed by atoms with Crippen LogP contribution in [0.2, 0.25) is 0 Å². The van der Waals surface area contributed by atoms with Gasteiger partial charge in [0.2, 0.25) is 5.91 Å². The summed E-state index contributed by atoms with van der Waals surface area (Å²) in [7, 11) is 3.76. The van der Waals surface area contributed by atoms with E-state index < -0.39 is 0 Å². The fourth-order valence-corrected chi connectivity index (χ4v) is 3.38. The number of aromatic nitrogens is 1. The summed E-state index contributed by atoms with van der Waals surface area (Å²) in [5, 5.41) is 3.04. The van der Waals surface area contributed by atoms with Gasteiger partial charge in [0.25, 0.3) is 6.01 Å². The number of nitrogens with one attached hydrogen (secondary N) is 1. The SMILES string of the molecule is CN(C)c1nc2cc(NC(=O)C3CCCN3c3ccccc3)ccc2o1. The Labute approximate surface area is 152 Å². The third-order valence-electron chi connectivity index (χ3n) is 4.67. The number of hydrogen-bond acceptors (Lipinski definition) is 5. The van der Waals surface area contributed by atoms with E-state index in [1.165, 1.54) is 0 Å². The molecule has 6 nitrogen and oxygen atoms in total. The van der Waals surface area contributed by atoms with Crippen molar-refractivity contribution in [1.29, 1.82) is 0 Å². The van der Waals surface area contributed by atoms with Crippen molar-refractivity contribution < 1.29 is 9.21 Å². The molecule has 0 saturated carbocycles. The maximum Gasteiger partial charge on any atom is 0.297 e. The van der Waals surface area contributed by atoms with Crippen molar-refractivity contribution in [2.45, 2.75) is 18.9 Å². The van der Waals surface area contributed by atoms with Gasteiger partial charge in [-0.15, -0.1) is 0 Å². The quantitative estimate of drug-likeness (QED) is 0.780. The molecule has 0 spiro atoms. The van der Waals surface area contributed by atoms with E-state index in [9.17, 15) is 4.79 Å². The van der Waals surface area contributed by atoms with Gasteiger partial charge in [-0.3, -0.25) is 4.79 Å². The highest BCUT2D eigenvalue weighted by Crippen LogP contribution is 2.27. The van der Waals surface area contributed by atoms with Gasteiger partial charge < -0.3 is 19.5 Å². The Balaban J connectivity index is 1.53. The fraction of sp³-hybridized carbons (Fsp3) is 0.300. The molecule has 0 bridgehead atoms. The second-order valence-electron chi connectivity index (χ2n) is 6.75. The Morgan fingerprint density at radius 1 is 1.23 bits per heavy atom. The van der Waals surface area contributed by atoms with Crippen LogP contribution >= 0.6 is 0 Å². The summed E-state index contributed by atoms with van der Waals surface area (Å²) >= 11 is 0. The minimum Gasteiger partial charge on any atom is -0.423 e. The lowest BCUT2D eigenvalue weighted by molar-refractivity contribution is -0.117. The van der Waals surface area contributed by atoms with Crippen molar-refractivity contribution in [2.75, 3.05) is 35.8 Å². The molecule has 1 aliphatic rings. The maximum atomic E-state index is 12.8. The molecule has 134 valence electrons. The molecule has 1 fully saturated rings. The van der Waals surface area contributed by atoms with Gasteiger partial charge >= 0.3 is 0 Å². The van der Waals surface area contributed by atoms with Gasteiger partial charge in [-0.1, -0.05) is 18.2 Å². The van der Waals surface area contributed by atoms with Crippen molar-refractivity contribution in [3.63, 3.8) is 0 Å². The summed E-state index contributed by atoms with van der Waals surface area (Å²) in [4.78, 5) is 21.3. The number of carbonyl (C=O) groups excluding carboxylic acids is 1. The number of benzene rings is 2. The average Bonchev–Trinajstić information content (AvgIpc) is 3.29. The molecule has 0 radical (unpaired) electrons. The molecule has 1 saturated heterocycles. The third-order valence-corrected chi connectivity index (χ3v) is 4.67. The summed E-state index contributed by atoms with van der Waals surface area (Å²) in [5.74, 6) is 0.0158. The highest BCUT2D eigenvalue weighted by molar-refractivity contribution is 5.98. The highest BCUT2D eigenvalue weighted by Gasteiger charge is 2.30. The Morgan fingerprint density at radius 2 is 2.04 bits per heavy atom. The Bertz CT molecular complexity index is 920. The molecule has 1 amide bonds. The molecule has 4 rings (SSSR count). The average molecular weight is 350 g/mol. The van der Waals surface area contributed by atoms with Crippen LogP contribution in [-0.2, 0) is 4.79 Å². The summed E-state index contributed by atoms with van der Waals surface area (Å²) in [6, 6.07) is 16.0. The monoisotopic (exact) mass is 350 g/mol. The summed E-state index contributed by atoms with van der Waals surface area (Å²) in [6.07, 6.45) is 1.87. The molecular weight excluding hydrogens is 328 g/mol. The first-order valence-electron chi connectivity index (χ1n) is 8.82. The van der Waals surface area contributed by atoms with Crippen molar-refractivity contribution in [1.82, 2.24) is 4.98 Å². The number of anilines is 3. The first kappa shape index (κ1) is 16.4. The van der Waals surface area contributed by atoms with Crippen molar-refractivity contribution in [3.05, 3.63) is 48.5 Å². The van der Waals surface area contributed by atoms with E-state index in [1.807, 2.05) is 55.4 Å². The molecule has 1 N–H and O–H groups in total. The van der Waals surface area contributed by atoms with Gasteiger partial charge in [-0.25, -0.2) is 0 Å². The van der Waals surface area contributed by atoms with Crippen LogP contribution in [0.5, 0.6) is 0 Å². The number of amides is 1. The number of carbonyl (C=O) groups is 1. The zero-order chi connectivity index (χ0) is 18.1. The highest BCUT2D eigenvalue weighted by atomic mass is 16.4. The molecule has 1 atom stereocenters. The molecule has 1 unspecified atom stereocenters. The van der Waals surface area contributed by atoms with Crippen molar-refractivity contribution in [2.24, 2.45) is 0 Å².